The number of carbonyl (C=O) groups excluding carboxylic acids is 1. The highest BCUT2D eigenvalue weighted by atomic mass is 19.4. The van der Waals surface area contributed by atoms with E-state index in [0.29, 0.717) is 11.4 Å². The monoisotopic (exact) mass is 261 g/mol. The molecule has 0 saturated carbocycles. The molecule has 18 heavy (non-hydrogen) atoms. The molecule has 0 spiro atoms. The van der Waals surface area contributed by atoms with Crippen molar-refractivity contribution >= 4 is 11.6 Å². The number of aryl methyl sites for hydroxylation is 2. The molecule has 1 rings (SSSR count). The Hall–Kier alpha value is -1.63. The quantitative estimate of drug-likeness (QED) is 0.868. The number of carbonyl (C=O) groups is 1. The molecule has 7 heteroatoms. The molecule has 100 valence electrons. The summed E-state index contributed by atoms with van der Waals surface area (Å²) < 4.78 is 35.5. The number of amides is 1. The van der Waals surface area contributed by atoms with Gasteiger partial charge in [0, 0.05) is 5.69 Å². The predicted octanol–water partition coefficient (Wildman–Crippen LogP) is 1.79. The molecular formula is C11H14F3N3O. The summed E-state index contributed by atoms with van der Waals surface area (Å²) in [7, 11) is 0. The summed E-state index contributed by atoms with van der Waals surface area (Å²) in [5.41, 5.74) is 1.93. The van der Waals surface area contributed by atoms with Crippen LogP contribution in [0.15, 0.2) is 12.1 Å². The number of hydrogen-bond acceptors (Lipinski definition) is 3. The third-order valence-electron chi connectivity index (χ3n) is 2.11. The van der Waals surface area contributed by atoms with E-state index in [4.69, 9.17) is 0 Å². The van der Waals surface area contributed by atoms with Crippen LogP contribution in [0.2, 0.25) is 0 Å². The highest BCUT2D eigenvalue weighted by Gasteiger charge is 2.26. The lowest BCUT2D eigenvalue weighted by Gasteiger charge is -2.10. The summed E-state index contributed by atoms with van der Waals surface area (Å²) in [5.74, 6) is -0.534. The lowest BCUT2D eigenvalue weighted by molar-refractivity contribution is -0.126. The number of pyridine rings is 1. The second kappa shape index (κ2) is 5.81. The number of anilines is 1. The molecule has 0 atom stereocenters. The van der Waals surface area contributed by atoms with E-state index in [-0.39, 0.29) is 0 Å². The first-order chi connectivity index (χ1) is 8.28. The highest BCUT2D eigenvalue weighted by Crippen LogP contribution is 2.13. The van der Waals surface area contributed by atoms with Crippen LogP contribution in [-0.4, -0.2) is 30.2 Å². The number of nitrogens with zero attached hydrogens (tertiary/aromatic N) is 1. The third kappa shape index (κ3) is 5.13. The van der Waals surface area contributed by atoms with E-state index in [0.717, 1.165) is 5.69 Å². The van der Waals surface area contributed by atoms with E-state index >= 15 is 0 Å². The second-order valence-corrected chi connectivity index (χ2v) is 3.85. The Balaban J connectivity index is 2.45. The largest absolute Gasteiger partial charge is 0.401 e. The summed E-state index contributed by atoms with van der Waals surface area (Å²) in [4.78, 5) is 15.5. The van der Waals surface area contributed by atoms with Gasteiger partial charge in [-0.15, -0.1) is 0 Å². The van der Waals surface area contributed by atoms with Crippen molar-refractivity contribution < 1.29 is 18.0 Å². The number of halogens is 3. The normalized spacial score (nSPS) is 11.4. The maximum absolute atomic E-state index is 11.8. The Kier molecular flexibility index (Phi) is 4.66. The molecule has 0 radical (unpaired) electrons. The highest BCUT2D eigenvalue weighted by molar-refractivity contribution is 5.92. The van der Waals surface area contributed by atoms with Gasteiger partial charge >= 0.3 is 6.18 Å². The number of rotatable bonds is 4. The predicted molar refractivity (Wildman–Crippen MR) is 61.3 cm³/mol. The van der Waals surface area contributed by atoms with Crippen LogP contribution in [0.5, 0.6) is 0 Å². The van der Waals surface area contributed by atoms with Crippen molar-refractivity contribution in [3.63, 3.8) is 0 Å². The van der Waals surface area contributed by atoms with Crippen molar-refractivity contribution in [3.8, 4) is 0 Å². The average Bonchev–Trinajstić information content (AvgIpc) is 2.20. The van der Waals surface area contributed by atoms with Crippen LogP contribution >= 0.6 is 0 Å². The van der Waals surface area contributed by atoms with Gasteiger partial charge < -0.3 is 10.6 Å². The van der Waals surface area contributed by atoms with Crippen molar-refractivity contribution in [1.82, 2.24) is 10.3 Å². The molecule has 0 aliphatic rings. The van der Waals surface area contributed by atoms with Crippen LogP contribution < -0.4 is 10.6 Å². The Morgan fingerprint density at radius 1 is 1.33 bits per heavy atom. The fourth-order valence-corrected chi connectivity index (χ4v) is 1.33. The fourth-order valence-electron chi connectivity index (χ4n) is 1.33. The molecule has 0 saturated heterocycles. The van der Waals surface area contributed by atoms with Gasteiger partial charge in [0.05, 0.1) is 24.5 Å². The van der Waals surface area contributed by atoms with Gasteiger partial charge in [0.25, 0.3) is 0 Å². The van der Waals surface area contributed by atoms with Crippen molar-refractivity contribution in [2.75, 3.05) is 18.4 Å². The van der Waals surface area contributed by atoms with Gasteiger partial charge in [-0.05, 0) is 26.0 Å². The average molecular weight is 261 g/mol. The van der Waals surface area contributed by atoms with Gasteiger partial charge in [0.15, 0.2) is 0 Å². The van der Waals surface area contributed by atoms with E-state index in [1.807, 2.05) is 12.2 Å². The fraction of sp³-hybridized carbons (Fsp3) is 0.455. The Morgan fingerprint density at radius 2 is 2.00 bits per heavy atom. The number of nitrogens with one attached hydrogen (secondary N) is 2. The molecule has 1 aromatic rings. The summed E-state index contributed by atoms with van der Waals surface area (Å²) >= 11 is 0. The molecule has 0 aliphatic heterocycles. The topological polar surface area (TPSA) is 54.0 Å². The first kappa shape index (κ1) is 14.4. The standard InChI is InChI=1S/C11H14F3N3O/c1-7-3-4-9(8(2)16-7)17-10(18)5-15-6-11(12,13)14/h3-4,15H,5-6H2,1-2H3,(H,17,18). The second-order valence-electron chi connectivity index (χ2n) is 3.85. The summed E-state index contributed by atoms with van der Waals surface area (Å²) in [5, 5.41) is 4.51. The minimum Gasteiger partial charge on any atom is -0.323 e. The van der Waals surface area contributed by atoms with Crippen molar-refractivity contribution in [3.05, 3.63) is 23.5 Å². The van der Waals surface area contributed by atoms with Crippen LogP contribution in [0.3, 0.4) is 0 Å². The lowest BCUT2D eigenvalue weighted by atomic mass is 10.2. The molecule has 2 N–H and O–H groups in total. The minimum atomic E-state index is -4.32. The van der Waals surface area contributed by atoms with E-state index in [1.165, 1.54) is 0 Å². The van der Waals surface area contributed by atoms with Gasteiger partial charge in [-0.25, -0.2) is 0 Å². The molecular weight excluding hydrogens is 247 g/mol. The van der Waals surface area contributed by atoms with Crippen molar-refractivity contribution in [2.45, 2.75) is 20.0 Å². The minimum absolute atomic E-state index is 0.396. The van der Waals surface area contributed by atoms with Crippen LogP contribution in [-0.2, 0) is 4.79 Å². The molecule has 1 amide bonds. The molecule has 0 unspecified atom stereocenters. The zero-order valence-corrected chi connectivity index (χ0v) is 10.1. The molecule has 0 fully saturated rings. The zero-order chi connectivity index (χ0) is 13.8. The van der Waals surface area contributed by atoms with Gasteiger partial charge in [-0.3, -0.25) is 9.78 Å². The van der Waals surface area contributed by atoms with Crippen molar-refractivity contribution in [1.29, 1.82) is 0 Å². The van der Waals surface area contributed by atoms with E-state index in [9.17, 15) is 18.0 Å². The third-order valence-corrected chi connectivity index (χ3v) is 2.11. The molecule has 0 aromatic carbocycles. The Morgan fingerprint density at radius 3 is 2.56 bits per heavy atom. The zero-order valence-electron chi connectivity index (χ0n) is 10.1. The molecule has 4 nitrogen and oxygen atoms in total. The SMILES string of the molecule is Cc1ccc(NC(=O)CNCC(F)(F)F)c(C)n1. The van der Waals surface area contributed by atoms with Crippen LogP contribution in [0, 0.1) is 13.8 Å². The van der Waals surface area contributed by atoms with Gasteiger partial charge in [-0.2, -0.15) is 13.2 Å². The summed E-state index contributed by atoms with van der Waals surface area (Å²) in [6.07, 6.45) is -4.32. The summed E-state index contributed by atoms with van der Waals surface area (Å²) in [6.45, 7) is 1.94. The van der Waals surface area contributed by atoms with Crippen LogP contribution in [0.4, 0.5) is 18.9 Å². The Bertz CT molecular complexity index is 432. The van der Waals surface area contributed by atoms with Crippen molar-refractivity contribution in [2.24, 2.45) is 0 Å². The number of alkyl halides is 3. The first-order valence-corrected chi connectivity index (χ1v) is 5.29. The first-order valence-electron chi connectivity index (χ1n) is 5.29. The van der Waals surface area contributed by atoms with Gasteiger partial charge in [0.2, 0.25) is 5.91 Å². The van der Waals surface area contributed by atoms with Crippen LogP contribution in [0.25, 0.3) is 0 Å². The summed E-state index contributed by atoms with van der Waals surface area (Å²) in [6, 6.07) is 3.38. The molecule has 0 aliphatic carbocycles. The Labute approximate surface area is 103 Å². The van der Waals surface area contributed by atoms with Gasteiger partial charge in [0.1, 0.15) is 0 Å². The lowest BCUT2D eigenvalue weighted by Crippen LogP contribution is -2.35. The number of aromatic nitrogens is 1. The van der Waals surface area contributed by atoms with Gasteiger partial charge in [-0.1, -0.05) is 0 Å². The molecule has 1 aromatic heterocycles. The molecule has 1 heterocycles. The maximum Gasteiger partial charge on any atom is 0.401 e. The number of hydrogen-bond donors (Lipinski definition) is 2. The smallest absolute Gasteiger partial charge is 0.323 e. The van der Waals surface area contributed by atoms with Crippen LogP contribution in [0.1, 0.15) is 11.4 Å². The maximum atomic E-state index is 11.8. The van der Waals surface area contributed by atoms with E-state index in [2.05, 4.69) is 10.3 Å². The van der Waals surface area contributed by atoms with E-state index < -0.39 is 25.2 Å². The van der Waals surface area contributed by atoms with E-state index in [1.54, 1.807) is 19.1 Å². The molecule has 0 bridgehead atoms.